The van der Waals surface area contributed by atoms with E-state index in [4.69, 9.17) is 0 Å². The number of rotatable bonds is 8. The first-order valence-electron chi connectivity index (χ1n) is 7.60. The van der Waals surface area contributed by atoms with Crippen molar-refractivity contribution in [3.05, 3.63) is 58.3 Å². The van der Waals surface area contributed by atoms with Crippen molar-refractivity contribution < 1.29 is 0 Å². The molecule has 0 amide bonds. The van der Waals surface area contributed by atoms with Crippen LogP contribution in [-0.2, 0) is 12.0 Å². The van der Waals surface area contributed by atoms with Crippen LogP contribution in [0.1, 0.15) is 25.0 Å². The molecule has 0 aliphatic carbocycles. The summed E-state index contributed by atoms with van der Waals surface area (Å²) < 4.78 is 0. The predicted molar refractivity (Wildman–Crippen MR) is 93.0 cm³/mol. The van der Waals surface area contributed by atoms with E-state index in [9.17, 15) is 0 Å². The molecule has 114 valence electrons. The Kier molecular flexibility index (Phi) is 5.97. The Balaban J connectivity index is 2.08. The lowest BCUT2D eigenvalue weighted by Crippen LogP contribution is -2.44. The van der Waals surface area contributed by atoms with E-state index in [1.165, 1.54) is 11.1 Å². The first kappa shape index (κ1) is 16.2. The molecule has 2 nitrogen and oxygen atoms in total. The zero-order chi connectivity index (χ0) is 15.1. The molecule has 0 spiro atoms. The second-order valence-corrected chi connectivity index (χ2v) is 6.79. The summed E-state index contributed by atoms with van der Waals surface area (Å²) in [6, 6.07) is 13.1. The van der Waals surface area contributed by atoms with E-state index < -0.39 is 0 Å². The third-order valence-corrected chi connectivity index (χ3v) is 4.62. The van der Waals surface area contributed by atoms with Gasteiger partial charge < -0.3 is 10.2 Å². The minimum Gasteiger partial charge on any atom is -0.316 e. The summed E-state index contributed by atoms with van der Waals surface area (Å²) >= 11 is 1.77. The van der Waals surface area contributed by atoms with E-state index >= 15 is 0 Å². The molecule has 0 saturated heterocycles. The maximum atomic E-state index is 3.53. The van der Waals surface area contributed by atoms with E-state index in [0.717, 1.165) is 26.2 Å². The fourth-order valence-electron chi connectivity index (χ4n) is 2.84. The Bertz CT molecular complexity index is 509. The summed E-state index contributed by atoms with van der Waals surface area (Å²) in [5.74, 6) is 0. The second-order valence-electron chi connectivity index (χ2n) is 6.01. The van der Waals surface area contributed by atoms with Crippen LogP contribution in [0.2, 0.25) is 0 Å². The van der Waals surface area contributed by atoms with Gasteiger partial charge in [-0.2, -0.15) is 11.3 Å². The third kappa shape index (κ3) is 4.67. The van der Waals surface area contributed by atoms with E-state index in [0.29, 0.717) is 0 Å². The first-order chi connectivity index (χ1) is 10.1. The van der Waals surface area contributed by atoms with E-state index in [1.54, 1.807) is 11.3 Å². The molecule has 0 bridgehead atoms. The van der Waals surface area contributed by atoms with Crippen molar-refractivity contribution in [2.45, 2.75) is 25.8 Å². The molecule has 1 aromatic heterocycles. The zero-order valence-corrected chi connectivity index (χ0v) is 14.1. The quantitative estimate of drug-likeness (QED) is 0.799. The molecule has 1 aromatic carbocycles. The van der Waals surface area contributed by atoms with Crippen LogP contribution in [0.5, 0.6) is 0 Å². The summed E-state index contributed by atoms with van der Waals surface area (Å²) in [5, 5.41) is 7.91. The van der Waals surface area contributed by atoms with Crippen molar-refractivity contribution in [2.75, 3.05) is 26.7 Å². The average Bonchev–Trinajstić information content (AvgIpc) is 2.99. The van der Waals surface area contributed by atoms with Crippen LogP contribution >= 0.6 is 11.3 Å². The molecule has 1 N–H and O–H groups in total. The molecule has 2 rings (SSSR count). The maximum Gasteiger partial charge on any atom is 0.0239 e. The molecule has 0 aliphatic heterocycles. The van der Waals surface area contributed by atoms with Gasteiger partial charge in [0.2, 0.25) is 0 Å². The number of nitrogens with zero attached hydrogens (tertiary/aromatic N) is 1. The highest BCUT2D eigenvalue weighted by atomic mass is 32.1. The van der Waals surface area contributed by atoms with Crippen LogP contribution < -0.4 is 5.32 Å². The number of benzene rings is 1. The Morgan fingerprint density at radius 1 is 1.19 bits per heavy atom. The van der Waals surface area contributed by atoms with Crippen molar-refractivity contribution in [1.82, 2.24) is 10.2 Å². The lowest BCUT2D eigenvalue weighted by atomic mass is 9.81. The predicted octanol–water partition coefficient (Wildman–Crippen LogP) is 3.75. The van der Waals surface area contributed by atoms with Crippen LogP contribution in [0.3, 0.4) is 0 Å². The lowest BCUT2D eigenvalue weighted by Gasteiger charge is -2.34. The Labute approximate surface area is 132 Å². The summed E-state index contributed by atoms with van der Waals surface area (Å²) in [6.07, 6.45) is 0. The average molecular weight is 302 g/mol. The molecule has 3 heteroatoms. The van der Waals surface area contributed by atoms with Gasteiger partial charge in [0.1, 0.15) is 0 Å². The summed E-state index contributed by atoms with van der Waals surface area (Å²) in [5.41, 5.74) is 2.94. The summed E-state index contributed by atoms with van der Waals surface area (Å²) in [6.45, 7) is 8.59. The summed E-state index contributed by atoms with van der Waals surface area (Å²) in [4.78, 5) is 2.42. The standard InChI is InChI=1S/C18H26N2S/c1-4-19-14-18(2,17-8-6-5-7-9-17)15-20(3)12-16-10-11-21-13-16/h5-11,13,19H,4,12,14-15H2,1-3H3. The Morgan fingerprint density at radius 3 is 2.57 bits per heavy atom. The number of nitrogens with one attached hydrogen (secondary N) is 1. The van der Waals surface area contributed by atoms with Crippen LogP contribution in [0, 0.1) is 0 Å². The van der Waals surface area contributed by atoms with Gasteiger partial charge in [0.15, 0.2) is 0 Å². The monoisotopic (exact) mass is 302 g/mol. The Hall–Kier alpha value is -1.16. The minimum absolute atomic E-state index is 0.127. The van der Waals surface area contributed by atoms with Gasteiger partial charge in [0.25, 0.3) is 0 Å². The molecule has 1 heterocycles. The van der Waals surface area contributed by atoms with Gasteiger partial charge in [-0.15, -0.1) is 0 Å². The van der Waals surface area contributed by atoms with Gasteiger partial charge in [0.05, 0.1) is 0 Å². The largest absolute Gasteiger partial charge is 0.316 e. The van der Waals surface area contributed by atoms with Gasteiger partial charge >= 0.3 is 0 Å². The van der Waals surface area contributed by atoms with Crippen LogP contribution in [-0.4, -0.2) is 31.6 Å². The highest BCUT2D eigenvalue weighted by Gasteiger charge is 2.27. The van der Waals surface area contributed by atoms with Crippen molar-refractivity contribution >= 4 is 11.3 Å². The van der Waals surface area contributed by atoms with Crippen LogP contribution in [0.25, 0.3) is 0 Å². The van der Waals surface area contributed by atoms with Gasteiger partial charge in [-0.1, -0.05) is 44.2 Å². The lowest BCUT2D eigenvalue weighted by molar-refractivity contribution is 0.244. The van der Waals surface area contributed by atoms with Crippen molar-refractivity contribution in [2.24, 2.45) is 0 Å². The third-order valence-electron chi connectivity index (χ3n) is 3.89. The summed E-state index contributed by atoms with van der Waals surface area (Å²) in [7, 11) is 2.21. The molecule has 1 unspecified atom stereocenters. The normalized spacial score (nSPS) is 14.3. The molecule has 21 heavy (non-hydrogen) atoms. The number of hydrogen-bond donors (Lipinski definition) is 1. The molecular weight excluding hydrogens is 276 g/mol. The number of likely N-dealkylation sites (N-methyl/N-ethyl adjacent to an activating group) is 2. The topological polar surface area (TPSA) is 15.3 Å². The van der Waals surface area contributed by atoms with Gasteiger partial charge in [-0.3, -0.25) is 0 Å². The maximum absolute atomic E-state index is 3.53. The molecule has 0 saturated carbocycles. The van der Waals surface area contributed by atoms with Crippen LogP contribution in [0.4, 0.5) is 0 Å². The molecule has 0 aliphatic rings. The molecular formula is C18H26N2S. The van der Waals surface area contributed by atoms with Crippen molar-refractivity contribution in [1.29, 1.82) is 0 Å². The SMILES string of the molecule is CCNCC(C)(CN(C)Cc1ccsc1)c1ccccc1. The number of thiophene rings is 1. The van der Waals surface area contributed by atoms with Gasteiger partial charge in [-0.25, -0.2) is 0 Å². The fraction of sp³-hybridized carbons (Fsp3) is 0.444. The fourth-order valence-corrected chi connectivity index (χ4v) is 3.50. The van der Waals surface area contributed by atoms with Gasteiger partial charge in [0, 0.05) is 25.0 Å². The Morgan fingerprint density at radius 2 is 1.95 bits per heavy atom. The van der Waals surface area contributed by atoms with Crippen molar-refractivity contribution in [3.63, 3.8) is 0 Å². The minimum atomic E-state index is 0.127. The van der Waals surface area contributed by atoms with Gasteiger partial charge in [-0.05, 0) is 41.5 Å². The van der Waals surface area contributed by atoms with E-state index in [2.05, 4.69) is 78.3 Å². The highest BCUT2D eigenvalue weighted by molar-refractivity contribution is 7.07. The van der Waals surface area contributed by atoms with E-state index in [-0.39, 0.29) is 5.41 Å². The zero-order valence-electron chi connectivity index (χ0n) is 13.3. The first-order valence-corrected chi connectivity index (χ1v) is 8.54. The smallest absolute Gasteiger partial charge is 0.0239 e. The highest BCUT2D eigenvalue weighted by Crippen LogP contribution is 2.25. The molecule has 2 aromatic rings. The molecule has 0 fully saturated rings. The second kappa shape index (κ2) is 7.74. The number of hydrogen-bond acceptors (Lipinski definition) is 3. The van der Waals surface area contributed by atoms with Crippen LogP contribution in [0.15, 0.2) is 47.2 Å². The van der Waals surface area contributed by atoms with Crippen molar-refractivity contribution in [3.8, 4) is 0 Å². The molecule has 0 radical (unpaired) electrons. The van der Waals surface area contributed by atoms with E-state index in [1.807, 2.05) is 0 Å². The molecule has 1 atom stereocenters.